The van der Waals surface area contributed by atoms with Gasteiger partial charge in [0.15, 0.2) is 0 Å². The van der Waals surface area contributed by atoms with Gasteiger partial charge < -0.3 is 10.2 Å². The van der Waals surface area contributed by atoms with Crippen LogP contribution < -0.4 is 5.32 Å². The Bertz CT molecular complexity index is 584. The van der Waals surface area contributed by atoms with Crippen molar-refractivity contribution in [2.24, 2.45) is 5.92 Å². The van der Waals surface area contributed by atoms with Gasteiger partial charge in [-0.2, -0.15) is 0 Å². The van der Waals surface area contributed by atoms with Crippen molar-refractivity contribution < 1.29 is 9.59 Å². The molecule has 0 radical (unpaired) electrons. The normalized spacial score (nSPS) is 21.6. The quantitative estimate of drug-likeness (QED) is 0.872. The Morgan fingerprint density at radius 3 is 2.70 bits per heavy atom. The van der Waals surface area contributed by atoms with E-state index in [2.05, 4.69) is 33.4 Å². The molecule has 1 saturated heterocycles. The Morgan fingerprint density at radius 1 is 1.17 bits per heavy atom. The Hall–Kier alpha value is -1.36. The molecular formula is C18H23BrN2O2. The summed E-state index contributed by atoms with van der Waals surface area (Å²) < 4.78 is 1.03. The molecular weight excluding hydrogens is 356 g/mol. The highest BCUT2D eigenvalue weighted by Gasteiger charge is 2.30. The number of carbonyl (C=O) groups is 2. The lowest BCUT2D eigenvalue weighted by Gasteiger charge is -2.25. The van der Waals surface area contributed by atoms with Gasteiger partial charge in [-0.05, 0) is 43.4 Å². The Morgan fingerprint density at radius 2 is 1.96 bits per heavy atom. The van der Waals surface area contributed by atoms with E-state index in [0.29, 0.717) is 0 Å². The number of carbonyl (C=O) groups excluding carboxylic acids is 2. The first-order chi connectivity index (χ1) is 11.1. The van der Waals surface area contributed by atoms with Crippen molar-refractivity contribution in [3.8, 4) is 0 Å². The molecule has 4 nitrogen and oxygen atoms in total. The molecule has 1 atom stereocenters. The lowest BCUT2D eigenvalue weighted by atomic mass is 10.0. The van der Waals surface area contributed by atoms with Gasteiger partial charge in [0.05, 0.1) is 12.6 Å². The zero-order valence-electron chi connectivity index (χ0n) is 13.3. The summed E-state index contributed by atoms with van der Waals surface area (Å²) in [6.45, 7) is 0.898. The van der Waals surface area contributed by atoms with E-state index in [1.165, 1.54) is 0 Å². The fourth-order valence-electron chi connectivity index (χ4n) is 3.72. The molecule has 1 heterocycles. The molecule has 3 rings (SSSR count). The van der Waals surface area contributed by atoms with Gasteiger partial charge in [-0.15, -0.1) is 0 Å². The third-order valence-corrected chi connectivity index (χ3v) is 5.44. The van der Waals surface area contributed by atoms with Crippen molar-refractivity contribution in [2.45, 2.75) is 44.6 Å². The van der Waals surface area contributed by atoms with E-state index in [4.69, 9.17) is 0 Å². The number of nitrogens with zero attached hydrogens (tertiary/aromatic N) is 1. The molecule has 0 bridgehead atoms. The molecule has 0 unspecified atom stereocenters. The van der Waals surface area contributed by atoms with E-state index in [-0.39, 0.29) is 30.3 Å². The van der Waals surface area contributed by atoms with Crippen LogP contribution in [0.2, 0.25) is 0 Å². The van der Waals surface area contributed by atoms with Gasteiger partial charge in [0, 0.05) is 16.9 Å². The number of benzene rings is 1. The van der Waals surface area contributed by atoms with E-state index in [9.17, 15) is 9.59 Å². The smallest absolute Gasteiger partial charge is 0.242 e. The molecule has 1 aliphatic carbocycles. The highest BCUT2D eigenvalue weighted by Crippen LogP contribution is 2.33. The van der Waals surface area contributed by atoms with Gasteiger partial charge in [-0.1, -0.05) is 40.9 Å². The van der Waals surface area contributed by atoms with Crippen LogP contribution in [-0.4, -0.2) is 29.8 Å². The van der Waals surface area contributed by atoms with Gasteiger partial charge in [-0.3, -0.25) is 9.59 Å². The second kappa shape index (κ2) is 7.47. The number of hydrogen-bond acceptors (Lipinski definition) is 2. The van der Waals surface area contributed by atoms with Gasteiger partial charge >= 0.3 is 0 Å². The zero-order chi connectivity index (χ0) is 16.2. The van der Waals surface area contributed by atoms with Crippen molar-refractivity contribution >= 4 is 27.7 Å². The molecule has 124 valence electrons. The maximum Gasteiger partial charge on any atom is 0.242 e. The van der Waals surface area contributed by atoms with Crippen LogP contribution in [0.5, 0.6) is 0 Å². The summed E-state index contributed by atoms with van der Waals surface area (Å²) in [5, 5.41) is 2.85. The van der Waals surface area contributed by atoms with E-state index < -0.39 is 0 Å². The van der Waals surface area contributed by atoms with Crippen molar-refractivity contribution in [2.75, 3.05) is 13.1 Å². The highest BCUT2D eigenvalue weighted by molar-refractivity contribution is 9.10. The lowest BCUT2D eigenvalue weighted by molar-refractivity contribution is -0.134. The van der Waals surface area contributed by atoms with E-state index in [1.54, 1.807) is 0 Å². The van der Waals surface area contributed by atoms with Crippen molar-refractivity contribution in [1.29, 1.82) is 0 Å². The first-order valence-electron chi connectivity index (χ1n) is 8.48. The van der Waals surface area contributed by atoms with Crippen molar-refractivity contribution in [1.82, 2.24) is 10.2 Å². The molecule has 1 saturated carbocycles. The molecule has 0 aromatic heterocycles. The van der Waals surface area contributed by atoms with Crippen molar-refractivity contribution in [3.05, 3.63) is 34.3 Å². The summed E-state index contributed by atoms with van der Waals surface area (Å²) in [7, 11) is 0. The average Bonchev–Trinajstić information content (AvgIpc) is 3.23. The standard InChI is InChI=1S/C18H23BrN2O2/c19-15-8-3-7-14(11-15)16-9-4-10-21(16)17(22)12-20-18(23)13-5-1-2-6-13/h3,7-8,11,13,16H,1-2,4-6,9-10,12H2,(H,20,23)/t16-/m1/s1. The average molecular weight is 379 g/mol. The number of hydrogen-bond donors (Lipinski definition) is 1. The van der Waals surface area contributed by atoms with E-state index in [1.807, 2.05) is 17.0 Å². The minimum Gasteiger partial charge on any atom is -0.347 e. The molecule has 23 heavy (non-hydrogen) atoms. The van der Waals surface area contributed by atoms with Crippen LogP contribution >= 0.6 is 15.9 Å². The van der Waals surface area contributed by atoms with Gasteiger partial charge in [0.1, 0.15) is 0 Å². The maximum absolute atomic E-state index is 12.5. The minimum atomic E-state index is 0.0267. The predicted octanol–water partition coefficient (Wildman–Crippen LogP) is 3.42. The number of halogens is 1. The number of nitrogens with one attached hydrogen (secondary N) is 1. The topological polar surface area (TPSA) is 49.4 Å². The summed E-state index contributed by atoms with van der Waals surface area (Å²) in [5.74, 6) is 0.190. The van der Waals surface area contributed by atoms with E-state index >= 15 is 0 Å². The van der Waals surface area contributed by atoms with Gasteiger partial charge in [-0.25, -0.2) is 0 Å². The molecule has 2 aliphatic rings. The van der Waals surface area contributed by atoms with Crippen LogP contribution in [-0.2, 0) is 9.59 Å². The fourth-order valence-corrected chi connectivity index (χ4v) is 4.14. The number of amides is 2. The Kier molecular flexibility index (Phi) is 5.36. The molecule has 0 spiro atoms. The SMILES string of the molecule is O=C(NCC(=O)N1CCC[C@@H]1c1cccc(Br)c1)C1CCCC1. The molecule has 1 N–H and O–H groups in total. The maximum atomic E-state index is 12.5. The summed E-state index contributed by atoms with van der Waals surface area (Å²) in [6.07, 6.45) is 6.18. The highest BCUT2D eigenvalue weighted by atomic mass is 79.9. The molecule has 1 aromatic carbocycles. The first-order valence-corrected chi connectivity index (χ1v) is 9.27. The van der Waals surface area contributed by atoms with E-state index in [0.717, 1.165) is 55.1 Å². The van der Waals surface area contributed by atoms with Crippen LogP contribution in [0.1, 0.15) is 50.1 Å². The lowest BCUT2D eigenvalue weighted by Crippen LogP contribution is -2.41. The Balaban J connectivity index is 1.58. The van der Waals surface area contributed by atoms with Crippen molar-refractivity contribution in [3.63, 3.8) is 0 Å². The summed E-state index contributed by atoms with van der Waals surface area (Å²) in [4.78, 5) is 26.5. The predicted molar refractivity (Wildman–Crippen MR) is 92.8 cm³/mol. The molecule has 2 fully saturated rings. The molecule has 5 heteroatoms. The summed E-state index contributed by atoms with van der Waals surface area (Å²) in [5.41, 5.74) is 1.16. The van der Waals surface area contributed by atoms with Crippen LogP contribution in [0.25, 0.3) is 0 Å². The zero-order valence-corrected chi connectivity index (χ0v) is 14.8. The van der Waals surface area contributed by atoms with Crippen LogP contribution in [0.15, 0.2) is 28.7 Å². The monoisotopic (exact) mass is 378 g/mol. The second-order valence-electron chi connectivity index (χ2n) is 6.50. The van der Waals surface area contributed by atoms with Crippen LogP contribution in [0.3, 0.4) is 0 Å². The molecule has 1 aromatic rings. The third kappa shape index (κ3) is 3.94. The second-order valence-corrected chi connectivity index (χ2v) is 7.42. The van der Waals surface area contributed by atoms with Gasteiger partial charge in [0.2, 0.25) is 11.8 Å². The minimum absolute atomic E-state index is 0.0267. The third-order valence-electron chi connectivity index (χ3n) is 4.95. The Labute approximate surface area is 145 Å². The summed E-state index contributed by atoms with van der Waals surface area (Å²) in [6, 6.07) is 8.27. The van der Waals surface area contributed by atoms with Crippen LogP contribution in [0.4, 0.5) is 0 Å². The number of likely N-dealkylation sites (tertiary alicyclic amines) is 1. The van der Waals surface area contributed by atoms with Crippen LogP contribution in [0, 0.1) is 5.92 Å². The molecule has 2 amide bonds. The number of rotatable bonds is 4. The molecule has 1 aliphatic heterocycles. The fraction of sp³-hybridized carbons (Fsp3) is 0.556. The largest absolute Gasteiger partial charge is 0.347 e. The first kappa shape index (κ1) is 16.5. The summed E-state index contributed by atoms with van der Waals surface area (Å²) >= 11 is 3.49. The van der Waals surface area contributed by atoms with Gasteiger partial charge in [0.25, 0.3) is 0 Å².